The number of aromatic nitrogens is 3. The number of H-pyrrole nitrogens is 1. The molecule has 7 heteroatoms. The van der Waals surface area contributed by atoms with E-state index in [2.05, 4.69) is 20.5 Å². The minimum atomic E-state index is -0.154. The zero-order chi connectivity index (χ0) is 14.5. The van der Waals surface area contributed by atoms with Crippen LogP contribution in [0.15, 0.2) is 24.4 Å². The van der Waals surface area contributed by atoms with E-state index in [1.54, 1.807) is 30.3 Å². The molecular weight excluding hydrogens is 278 g/mol. The second-order valence-electron chi connectivity index (χ2n) is 4.37. The van der Waals surface area contributed by atoms with E-state index in [0.29, 0.717) is 16.7 Å². The minimum absolute atomic E-state index is 0.154. The number of carbonyl (C=O) groups is 1. The molecule has 0 atom stereocenters. The van der Waals surface area contributed by atoms with Gasteiger partial charge in [-0.2, -0.15) is 5.10 Å². The van der Waals surface area contributed by atoms with Gasteiger partial charge >= 0.3 is 0 Å². The van der Waals surface area contributed by atoms with Gasteiger partial charge in [-0.25, -0.2) is 4.98 Å². The molecule has 6 nitrogen and oxygen atoms in total. The topological polar surface area (TPSA) is 73.9 Å². The van der Waals surface area contributed by atoms with E-state index in [4.69, 9.17) is 11.6 Å². The number of rotatable bonds is 5. The second kappa shape index (κ2) is 6.38. The molecule has 0 saturated heterocycles. The Labute approximate surface area is 122 Å². The van der Waals surface area contributed by atoms with Gasteiger partial charge in [-0.3, -0.25) is 9.89 Å². The summed E-state index contributed by atoms with van der Waals surface area (Å²) >= 11 is 5.77. The number of aromatic amines is 1. The molecule has 0 aliphatic heterocycles. The SMILES string of the molecule is CCc1cc(NC(=O)CN(C)c2ccc(Cl)cn2)n[nH]1. The van der Waals surface area contributed by atoms with Crippen molar-refractivity contribution in [2.24, 2.45) is 0 Å². The summed E-state index contributed by atoms with van der Waals surface area (Å²) in [5.41, 5.74) is 0.980. The fourth-order valence-corrected chi connectivity index (χ4v) is 1.79. The first kappa shape index (κ1) is 14.3. The fourth-order valence-electron chi connectivity index (χ4n) is 1.68. The molecule has 1 amide bonds. The molecule has 2 aromatic heterocycles. The summed E-state index contributed by atoms with van der Waals surface area (Å²) in [6.45, 7) is 2.20. The third kappa shape index (κ3) is 3.71. The molecule has 2 N–H and O–H groups in total. The predicted molar refractivity (Wildman–Crippen MR) is 79.1 cm³/mol. The number of halogens is 1. The summed E-state index contributed by atoms with van der Waals surface area (Å²) in [7, 11) is 1.79. The Bertz CT molecular complexity index is 581. The summed E-state index contributed by atoms with van der Waals surface area (Å²) in [5, 5.41) is 10.2. The molecule has 0 fully saturated rings. The normalized spacial score (nSPS) is 10.3. The average Bonchev–Trinajstić information content (AvgIpc) is 2.86. The molecule has 2 aromatic rings. The number of amides is 1. The Balaban J connectivity index is 1.92. The van der Waals surface area contributed by atoms with E-state index < -0.39 is 0 Å². The number of hydrogen-bond donors (Lipinski definition) is 2. The zero-order valence-corrected chi connectivity index (χ0v) is 12.1. The van der Waals surface area contributed by atoms with Crippen molar-refractivity contribution in [1.29, 1.82) is 0 Å². The van der Waals surface area contributed by atoms with Gasteiger partial charge in [-0.05, 0) is 18.6 Å². The number of nitrogens with one attached hydrogen (secondary N) is 2. The number of aryl methyl sites for hydroxylation is 1. The summed E-state index contributed by atoms with van der Waals surface area (Å²) < 4.78 is 0. The van der Waals surface area contributed by atoms with Crippen molar-refractivity contribution in [2.45, 2.75) is 13.3 Å². The van der Waals surface area contributed by atoms with Gasteiger partial charge in [0.15, 0.2) is 5.82 Å². The summed E-state index contributed by atoms with van der Waals surface area (Å²) in [5.74, 6) is 1.06. The van der Waals surface area contributed by atoms with Gasteiger partial charge in [0.25, 0.3) is 0 Å². The predicted octanol–water partition coefficient (Wildman–Crippen LogP) is 2.10. The summed E-state index contributed by atoms with van der Waals surface area (Å²) in [6, 6.07) is 5.32. The average molecular weight is 294 g/mol. The van der Waals surface area contributed by atoms with E-state index >= 15 is 0 Å². The monoisotopic (exact) mass is 293 g/mol. The van der Waals surface area contributed by atoms with Crippen LogP contribution in [-0.4, -0.2) is 34.7 Å². The Morgan fingerprint density at radius 3 is 2.90 bits per heavy atom. The lowest BCUT2D eigenvalue weighted by Crippen LogP contribution is -2.30. The summed E-state index contributed by atoms with van der Waals surface area (Å²) in [6.07, 6.45) is 2.39. The van der Waals surface area contributed by atoms with Crippen LogP contribution in [0.2, 0.25) is 5.02 Å². The van der Waals surface area contributed by atoms with Crippen LogP contribution in [0.4, 0.5) is 11.6 Å². The highest BCUT2D eigenvalue weighted by molar-refractivity contribution is 6.30. The van der Waals surface area contributed by atoms with Crippen molar-refractivity contribution in [3.8, 4) is 0 Å². The first-order valence-electron chi connectivity index (χ1n) is 6.25. The molecule has 0 saturated carbocycles. The van der Waals surface area contributed by atoms with Crippen molar-refractivity contribution >= 4 is 29.1 Å². The van der Waals surface area contributed by atoms with Crippen LogP contribution in [0, 0.1) is 0 Å². The van der Waals surface area contributed by atoms with Gasteiger partial charge < -0.3 is 10.2 Å². The minimum Gasteiger partial charge on any atom is -0.350 e. The van der Waals surface area contributed by atoms with Crippen molar-refractivity contribution < 1.29 is 4.79 Å². The van der Waals surface area contributed by atoms with Crippen LogP contribution < -0.4 is 10.2 Å². The lowest BCUT2D eigenvalue weighted by atomic mass is 10.3. The molecule has 0 aliphatic carbocycles. The largest absolute Gasteiger partial charge is 0.350 e. The molecule has 106 valence electrons. The Morgan fingerprint density at radius 1 is 1.50 bits per heavy atom. The highest BCUT2D eigenvalue weighted by atomic mass is 35.5. The zero-order valence-electron chi connectivity index (χ0n) is 11.4. The van der Waals surface area contributed by atoms with Gasteiger partial charge in [0.1, 0.15) is 5.82 Å². The Hall–Kier alpha value is -2.08. The quantitative estimate of drug-likeness (QED) is 0.885. The lowest BCUT2D eigenvalue weighted by molar-refractivity contribution is -0.114. The smallest absolute Gasteiger partial charge is 0.245 e. The van der Waals surface area contributed by atoms with Crippen molar-refractivity contribution in [1.82, 2.24) is 15.2 Å². The maximum Gasteiger partial charge on any atom is 0.245 e. The van der Waals surface area contributed by atoms with Gasteiger partial charge in [-0.15, -0.1) is 0 Å². The van der Waals surface area contributed by atoms with Gasteiger partial charge in [0.2, 0.25) is 5.91 Å². The van der Waals surface area contributed by atoms with Gasteiger partial charge in [0, 0.05) is 25.0 Å². The number of pyridine rings is 1. The second-order valence-corrected chi connectivity index (χ2v) is 4.81. The van der Waals surface area contributed by atoms with Crippen LogP contribution in [0.5, 0.6) is 0 Å². The summed E-state index contributed by atoms with van der Waals surface area (Å²) in [4.78, 5) is 17.8. The molecule has 20 heavy (non-hydrogen) atoms. The molecule has 0 unspecified atom stereocenters. The van der Waals surface area contributed by atoms with Crippen molar-refractivity contribution in [3.63, 3.8) is 0 Å². The maximum absolute atomic E-state index is 11.9. The Kier molecular flexibility index (Phi) is 4.57. The molecule has 2 rings (SSSR count). The van der Waals surface area contributed by atoms with Crippen molar-refractivity contribution in [2.75, 3.05) is 23.8 Å². The number of anilines is 2. The van der Waals surface area contributed by atoms with Gasteiger partial charge in [0.05, 0.1) is 11.6 Å². The van der Waals surface area contributed by atoms with E-state index in [-0.39, 0.29) is 12.5 Å². The standard InChI is InChI=1S/C13H16ClN5O/c1-3-10-6-11(18-17-10)16-13(20)8-19(2)12-5-4-9(14)7-15-12/h4-7H,3,8H2,1-2H3,(H2,16,17,18,20). The van der Waals surface area contributed by atoms with E-state index in [0.717, 1.165) is 12.1 Å². The molecule has 0 bridgehead atoms. The maximum atomic E-state index is 11.9. The molecule has 0 aromatic carbocycles. The van der Waals surface area contributed by atoms with Crippen molar-refractivity contribution in [3.05, 3.63) is 35.1 Å². The highest BCUT2D eigenvalue weighted by Crippen LogP contribution is 2.13. The Morgan fingerprint density at radius 2 is 2.30 bits per heavy atom. The number of likely N-dealkylation sites (N-methyl/N-ethyl adjacent to an activating group) is 1. The first-order valence-corrected chi connectivity index (χ1v) is 6.63. The number of carbonyl (C=O) groups excluding carboxylic acids is 1. The molecule has 2 heterocycles. The van der Waals surface area contributed by atoms with E-state index in [9.17, 15) is 4.79 Å². The molecule has 0 spiro atoms. The first-order chi connectivity index (χ1) is 9.58. The molecular formula is C13H16ClN5O. The van der Waals surface area contributed by atoms with Crippen LogP contribution in [0.3, 0.4) is 0 Å². The lowest BCUT2D eigenvalue weighted by Gasteiger charge is -2.16. The number of hydrogen-bond acceptors (Lipinski definition) is 4. The van der Waals surface area contributed by atoms with Crippen LogP contribution in [-0.2, 0) is 11.2 Å². The third-order valence-corrected chi connectivity index (χ3v) is 2.99. The third-order valence-electron chi connectivity index (χ3n) is 2.76. The van der Waals surface area contributed by atoms with Crippen LogP contribution in [0.25, 0.3) is 0 Å². The highest BCUT2D eigenvalue weighted by Gasteiger charge is 2.10. The molecule has 0 aliphatic rings. The molecule has 0 radical (unpaired) electrons. The van der Waals surface area contributed by atoms with Crippen LogP contribution in [0.1, 0.15) is 12.6 Å². The van der Waals surface area contributed by atoms with E-state index in [1.807, 2.05) is 13.0 Å². The van der Waals surface area contributed by atoms with Crippen LogP contribution >= 0.6 is 11.6 Å². The van der Waals surface area contributed by atoms with Gasteiger partial charge in [-0.1, -0.05) is 18.5 Å². The number of nitrogens with zero attached hydrogens (tertiary/aromatic N) is 3. The van der Waals surface area contributed by atoms with E-state index in [1.165, 1.54) is 0 Å². The fraction of sp³-hybridized carbons (Fsp3) is 0.308.